The van der Waals surface area contributed by atoms with Crippen LogP contribution in [0.15, 0.2) is 28.0 Å². The van der Waals surface area contributed by atoms with Gasteiger partial charge in [-0.1, -0.05) is 0 Å². The molecule has 1 aromatic carbocycles. The van der Waals surface area contributed by atoms with Crippen LogP contribution in [-0.4, -0.2) is 53.9 Å². The van der Waals surface area contributed by atoms with Crippen molar-refractivity contribution in [2.45, 2.75) is 29.7 Å². The van der Waals surface area contributed by atoms with Crippen LogP contribution in [0.3, 0.4) is 0 Å². The number of nitrogens with one attached hydrogen (secondary N) is 2. The highest BCUT2D eigenvalue weighted by molar-refractivity contribution is 7.89. The second-order valence-corrected chi connectivity index (χ2v) is 9.15. The minimum atomic E-state index is -3.61. The maximum atomic E-state index is 12.6. The van der Waals surface area contributed by atoms with Crippen molar-refractivity contribution < 1.29 is 16.8 Å². The van der Waals surface area contributed by atoms with E-state index in [0.29, 0.717) is 25.2 Å². The number of hydrogen-bond acceptors (Lipinski definition) is 5. The van der Waals surface area contributed by atoms with E-state index in [-0.39, 0.29) is 28.2 Å². The Morgan fingerprint density at radius 3 is 2.43 bits per heavy atom. The molecule has 0 spiro atoms. The first kappa shape index (κ1) is 20.3. The SMILES string of the molecule is CNS(=O)(=O)c1ccc(S(=O)(=O)N2CCN[C@H](C)C2)cc1C.Cl. The van der Waals surface area contributed by atoms with Gasteiger partial charge in [-0.2, -0.15) is 4.31 Å². The molecule has 7 nitrogen and oxygen atoms in total. The van der Waals surface area contributed by atoms with Gasteiger partial charge in [-0.25, -0.2) is 21.6 Å². The summed E-state index contributed by atoms with van der Waals surface area (Å²) in [6, 6.07) is 4.18. The van der Waals surface area contributed by atoms with Gasteiger partial charge in [0.15, 0.2) is 0 Å². The predicted molar refractivity (Wildman–Crippen MR) is 90.9 cm³/mol. The van der Waals surface area contributed by atoms with Crippen molar-refractivity contribution in [3.05, 3.63) is 23.8 Å². The van der Waals surface area contributed by atoms with Crippen molar-refractivity contribution in [2.24, 2.45) is 0 Å². The van der Waals surface area contributed by atoms with E-state index in [9.17, 15) is 16.8 Å². The van der Waals surface area contributed by atoms with E-state index < -0.39 is 20.0 Å². The molecule has 0 aromatic heterocycles. The molecular formula is C13H22ClN3O4S2. The molecule has 0 unspecified atom stereocenters. The molecule has 0 bridgehead atoms. The van der Waals surface area contributed by atoms with E-state index in [4.69, 9.17) is 0 Å². The van der Waals surface area contributed by atoms with E-state index in [0.717, 1.165) is 0 Å². The lowest BCUT2D eigenvalue weighted by Crippen LogP contribution is -2.51. The third-order valence-corrected chi connectivity index (χ3v) is 7.11. The van der Waals surface area contributed by atoms with Gasteiger partial charge in [0, 0.05) is 25.7 Å². The zero-order chi connectivity index (χ0) is 16.5. The smallest absolute Gasteiger partial charge is 0.243 e. The second-order valence-electron chi connectivity index (χ2n) is 5.35. The molecule has 1 atom stereocenters. The molecule has 132 valence electrons. The molecular weight excluding hydrogens is 362 g/mol. The van der Waals surface area contributed by atoms with Crippen molar-refractivity contribution in [1.82, 2.24) is 14.3 Å². The Morgan fingerprint density at radius 2 is 1.91 bits per heavy atom. The molecule has 1 aromatic rings. The standard InChI is InChI=1S/C13H21N3O4S2.ClH/c1-10-8-12(4-5-13(10)21(17,18)14-3)22(19,20)16-7-6-15-11(2)9-16;/h4-5,8,11,14-15H,6-7,9H2,1-3H3;1H/t11-;/m1./s1. The molecule has 0 amide bonds. The highest BCUT2D eigenvalue weighted by Gasteiger charge is 2.29. The zero-order valence-corrected chi connectivity index (χ0v) is 15.7. The van der Waals surface area contributed by atoms with E-state index in [1.807, 2.05) is 6.92 Å². The summed E-state index contributed by atoms with van der Waals surface area (Å²) < 4.78 is 52.6. The molecule has 1 heterocycles. The van der Waals surface area contributed by atoms with Crippen LogP contribution < -0.4 is 10.0 Å². The quantitative estimate of drug-likeness (QED) is 0.780. The monoisotopic (exact) mass is 383 g/mol. The number of sulfonamides is 2. The first-order valence-electron chi connectivity index (χ1n) is 6.96. The Labute approximate surface area is 144 Å². The van der Waals surface area contributed by atoms with Crippen LogP contribution >= 0.6 is 12.4 Å². The van der Waals surface area contributed by atoms with Gasteiger partial charge in [0.1, 0.15) is 0 Å². The van der Waals surface area contributed by atoms with Gasteiger partial charge >= 0.3 is 0 Å². The minimum absolute atomic E-state index is 0. The molecule has 0 saturated carbocycles. The molecule has 2 N–H and O–H groups in total. The van der Waals surface area contributed by atoms with Crippen molar-refractivity contribution in [1.29, 1.82) is 0 Å². The van der Waals surface area contributed by atoms with Crippen LogP contribution in [0, 0.1) is 6.92 Å². The summed E-state index contributed by atoms with van der Waals surface area (Å²) in [7, 11) is -5.88. The molecule has 1 fully saturated rings. The van der Waals surface area contributed by atoms with Crippen molar-refractivity contribution in [3.63, 3.8) is 0 Å². The van der Waals surface area contributed by atoms with Gasteiger partial charge < -0.3 is 5.32 Å². The van der Waals surface area contributed by atoms with Gasteiger partial charge in [0.05, 0.1) is 9.79 Å². The summed E-state index contributed by atoms with van der Waals surface area (Å²) in [5, 5.41) is 3.19. The highest BCUT2D eigenvalue weighted by Crippen LogP contribution is 2.22. The number of aryl methyl sites for hydroxylation is 1. The average molecular weight is 384 g/mol. The summed E-state index contributed by atoms with van der Waals surface area (Å²) in [6.07, 6.45) is 0. The normalized spacial score (nSPS) is 20.0. The lowest BCUT2D eigenvalue weighted by Gasteiger charge is -2.31. The van der Waals surface area contributed by atoms with Gasteiger partial charge in [-0.15, -0.1) is 12.4 Å². The van der Waals surface area contributed by atoms with Crippen molar-refractivity contribution >= 4 is 32.5 Å². The minimum Gasteiger partial charge on any atom is -0.312 e. The number of rotatable bonds is 4. The van der Waals surface area contributed by atoms with Gasteiger partial charge in [-0.3, -0.25) is 0 Å². The number of hydrogen-bond donors (Lipinski definition) is 2. The first-order valence-corrected chi connectivity index (χ1v) is 9.88. The van der Waals surface area contributed by atoms with E-state index in [1.165, 1.54) is 29.6 Å². The van der Waals surface area contributed by atoms with Crippen LogP contribution in [0.2, 0.25) is 0 Å². The highest BCUT2D eigenvalue weighted by atomic mass is 35.5. The van der Waals surface area contributed by atoms with Gasteiger partial charge in [0.25, 0.3) is 0 Å². The second kappa shape index (κ2) is 7.45. The summed E-state index contributed by atoms with van der Waals surface area (Å²) in [5.74, 6) is 0. The Bertz CT molecular complexity index is 765. The average Bonchev–Trinajstić information content (AvgIpc) is 2.46. The molecule has 2 rings (SSSR count). The van der Waals surface area contributed by atoms with Gasteiger partial charge in [-0.05, 0) is 44.7 Å². The summed E-state index contributed by atoms with van der Waals surface area (Å²) in [4.78, 5) is 0.205. The van der Waals surface area contributed by atoms with Crippen LogP contribution in [0.25, 0.3) is 0 Å². The fourth-order valence-electron chi connectivity index (χ4n) is 2.46. The van der Waals surface area contributed by atoms with Crippen molar-refractivity contribution in [2.75, 3.05) is 26.7 Å². The summed E-state index contributed by atoms with van der Waals surface area (Å²) in [6.45, 7) is 4.92. The summed E-state index contributed by atoms with van der Waals surface area (Å²) in [5.41, 5.74) is 0.401. The molecule has 1 aliphatic heterocycles. The fraction of sp³-hybridized carbons (Fsp3) is 0.538. The maximum Gasteiger partial charge on any atom is 0.243 e. The molecule has 1 saturated heterocycles. The Kier molecular flexibility index (Phi) is 6.59. The molecule has 10 heteroatoms. The summed E-state index contributed by atoms with van der Waals surface area (Å²) >= 11 is 0. The van der Waals surface area contributed by atoms with Crippen LogP contribution in [0.4, 0.5) is 0 Å². The molecule has 23 heavy (non-hydrogen) atoms. The Morgan fingerprint density at radius 1 is 1.26 bits per heavy atom. The number of nitrogens with zero attached hydrogens (tertiary/aromatic N) is 1. The largest absolute Gasteiger partial charge is 0.312 e. The lowest BCUT2D eigenvalue weighted by molar-refractivity contribution is 0.310. The number of benzene rings is 1. The van der Waals surface area contributed by atoms with Gasteiger partial charge in [0.2, 0.25) is 20.0 Å². The molecule has 0 aliphatic carbocycles. The topological polar surface area (TPSA) is 95.6 Å². The third-order valence-electron chi connectivity index (χ3n) is 3.67. The Balaban J connectivity index is 0.00000264. The van der Waals surface area contributed by atoms with E-state index >= 15 is 0 Å². The molecule has 0 radical (unpaired) electrons. The van der Waals surface area contributed by atoms with E-state index in [2.05, 4.69) is 10.0 Å². The predicted octanol–water partition coefficient (Wildman–Crippen LogP) is 0.307. The first-order chi connectivity index (χ1) is 10.2. The number of halogens is 1. The third kappa shape index (κ3) is 4.23. The van der Waals surface area contributed by atoms with E-state index in [1.54, 1.807) is 6.92 Å². The van der Waals surface area contributed by atoms with Crippen LogP contribution in [0.1, 0.15) is 12.5 Å². The lowest BCUT2D eigenvalue weighted by atomic mass is 10.2. The van der Waals surface area contributed by atoms with Crippen LogP contribution in [-0.2, 0) is 20.0 Å². The number of piperazine rings is 1. The Hall–Kier alpha value is -0.710. The molecule has 1 aliphatic rings. The van der Waals surface area contributed by atoms with Crippen LogP contribution in [0.5, 0.6) is 0 Å². The zero-order valence-electron chi connectivity index (χ0n) is 13.2. The maximum absolute atomic E-state index is 12.6. The van der Waals surface area contributed by atoms with Crippen molar-refractivity contribution in [3.8, 4) is 0 Å². The fourth-order valence-corrected chi connectivity index (χ4v) is 5.02.